The van der Waals surface area contributed by atoms with Gasteiger partial charge in [0.25, 0.3) is 5.91 Å². The molecule has 2 heterocycles. The predicted octanol–water partition coefficient (Wildman–Crippen LogP) is 1.97. The summed E-state index contributed by atoms with van der Waals surface area (Å²) in [4.78, 5) is 26.0. The highest BCUT2D eigenvalue weighted by atomic mass is 79.9. The molecular formula is C18H21BrN4O3. The van der Waals surface area contributed by atoms with Gasteiger partial charge in [-0.25, -0.2) is 0 Å². The second kappa shape index (κ2) is 7.90. The van der Waals surface area contributed by atoms with E-state index >= 15 is 0 Å². The van der Waals surface area contributed by atoms with E-state index < -0.39 is 5.91 Å². The number of aromatic nitrogens is 2. The molecule has 0 saturated carbocycles. The fourth-order valence-corrected chi connectivity index (χ4v) is 3.64. The Bertz CT molecular complexity index is 807. The van der Waals surface area contributed by atoms with Crippen LogP contribution in [0.4, 0.5) is 0 Å². The maximum absolute atomic E-state index is 12.7. The van der Waals surface area contributed by atoms with Crippen LogP contribution in [0.2, 0.25) is 0 Å². The van der Waals surface area contributed by atoms with Gasteiger partial charge in [0, 0.05) is 49.6 Å². The number of nitrogens with two attached hydrogens (primary N) is 1. The molecule has 138 valence electrons. The average molecular weight is 421 g/mol. The largest absolute Gasteiger partial charge is 0.490 e. The van der Waals surface area contributed by atoms with Crippen LogP contribution in [-0.4, -0.2) is 45.7 Å². The van der Waals surface area contributed by atoms with Gasteiger partial charge in [0.1, 0.15) is 17.5 Å². The monoisotopic (exact) mass is 420 g/mol. The molecule has 2 amide bonds. The number of halogens is 1. The average Bonchev–Trinajstić information content (AvgIpc) is 3.01. The summed E-state index contributed by atoms with van der Waals surface area (Å²) in [6.45, 7) is 0.976. The third-order valence-electron chi connectivity index (χ3n) is 4.54. The SMILES string of the molecule is Cn1nccc1C(=O)N1CC[C@H](Oc2cccc(Br)c2)[C@@H](CC(N)=O)C1. The van der Waals surface area contributed by atoms with E-state index in [-0.39, 0.29) is 24.3 Å². The minimum Gasteiger partial charge on any atom is -0.490 e. The maximum atomic E-state index is 12.7. The van der Waals surface area contributed by atoms with Crippen molar-refractivity contribution in [1.82, 2.24) is 14.7 Å². The van der Waals surface area contributed by atoms with Crippen LogP contribution < -0.4 is 10.5 Å². The van der Waals surface area contributed by atoms with Gasteiger partial charge in [0.05, 0.1) is 0 Å². The number of carbonyl (C=O) groups excluding carboxylic acids is 2. The van der Waals surface area contributed by atoms with Gasteiger partial charge >= 0.3 is 0 Å². The summed E-state index contributed by atoms with van der Waals surface area (Å²) in [5.74, 6) is 0.0794. The lowest BCUT2D eigenvalue weighted by molar-refractivity contribution is -0.120. The van der Waals surface area contributed by atoms with Crippen molar-refractivity contribution in [3.05, 3.63) is 46.7 Å². The van der Waals surface area contributed by atoms with E-state index in [0.717, 1.165) is 10.2 Å². The quantitative estimate of drug-likeness (QED) is 0.800. The van der Waals surface area contributed by atoms with Crippen molar-refractivity contribution in [2.75, 3.05) is 13.1 Å². The van der Waals surface area contributed by atoms with Gasteiger partial charge in [-0.1, -0.05) is 22.0 Å². The standard InChI is InChI=1S/C18H21BrN4O3/c1-22-15(5-7-21-22)18(25)23-8-6-16(12(11-23)9-17(20)24)26-14-4-2-3-13(19)10-14/h2-5,7,10,12,16H,6,8-9,11H2,1H3,(H2,20,24)/t12-,16-/m0/s1. The van der Waals surface area contributed by atoms with E-state index in [9.17, 15) is 9.59 Å². The topological polar surface area (TPSA) is 90.4 Å². The molecule has 26 heavy (non-hydrogen) atoms. The molecular weight excluding hydrogens is 400 g/mol. The zero-order valence-electron chi connectivity index (χ0n) is 14.5. The molecule has 3 rings (SSSR count). The maximum Gasteiger partial charge on any atom is 0.272 e. The number of primary amides is 1. The van der Waals surface area contributed by atoms with Gasteiger partial charge in [-0.15, -0.1) is 0 Å². The molecule has 0 bridgehead atoms. The molecule has 1 aliphatic heterocycles. The Morgan fingerprint density at radius 2 is 2.19 bits per heavy atom. The molecule has 1 aromatic heterocycles. The van der Waals surface area contributed by atoms with Crippen molar-refractivity contribution < 1.29 is 14.3 Å². The number of rotatable bonds is 5. The molecule has 7 nitrogen and oxygen atoms in total. The van der Waals surface area contributed by atoms with E-state index in [1.807, 2.05) is 24.3 Å². The summed E-state index contributed by atoms with van der Waals surface area (Å²) in [6, 6.07) is 9.26. The lowest BCUT2D eigenvalue weighted by Crippen LogP contribution is -2.49. The third-order valence-corrected chi connectivity index (χ3v) is 5.03. The highest BCUT2D eigenvalue weighted by Gasteiger charge is 2.34. The molecule has 2 N–H and O–H groups in total. The molecule has 0 unspecified atom stereocenters. The zero-order chi connectivity index (χ0) is 18.7. The molecule has 2 aromatic rings. The fourth-order valence-electron chi connectivity index (χ4n) is 3.27. The number of piperidine rings is 1. The van der Waals surface area contributed by atoms with Gasteiger partial charge in [0.2, 0.25) is 5.91 Å². The van der Waals surface area contributed by atoms with Crippen molar-refractivity contribution in [2.45, 2.75) is 18.9 Å². The number of ether oxygens (including phenoxy) is 1. The van der Waals surface area contributed by atoms with E-state index in [1.165, 1.54) is 0 Å². The van der Waals surface area contributed by atoms with E-state index in [2.05, 4.69) is 21.0 Å². The van der Waals surface area contributed by atoms with Crippen molar-refractivity contribution in [3.8, 4) is 5.75 Å². The first-order valence-corrected chi connectivity index (χ1v) is 9.21. The number of likely N-dealkylation sites (tertiary alicyclic amines) is 1. The van der Waals surface area contributed by atoms with Gasteiger partial charge in [0.15, 0.2) is 0 Å². The van der Waals surface area contributed by atoms with Crippen LogP contribution in [0.3, 0.4) is 0 Å². The van der Waals surface area contributed by atoms with Crippen molar-refractivity contribution in [1.29, 1.82) is 0 Å². The number of hydrogen-bond donors (Lipinski definition) is 1. The molecule has 1 aromatic carbocycles. The first kappa shape index (κ1) is 18.4. The van der Waals surface area contributed by atoms with Gasteiger partial charge in [-0.3, -0.25) is 14.3 Å². The lowest BCUT2D eigenvalue weighted by Gasteiger charge is -2.38. The van der Waals surface area contributed by atoms with Gasteiger partial charge in [-0.05, 0) is 24.3 Å². The second-order valence-corrected chi connectivity index (χ2v) is 7.34. The predicted molar refractivity (Wildman–Crippen MR) is 99.6 cm³/mol. The number of aryl methyl sites for hydroxylation is 1. The summed E-state index contributed by atoms with van der Waals surface area (Å²) in [5.41, 5.74) is 5.95. The zero-order valence-corrected chi connectivity index (χ0v) is 16.1. The molecule has 2 atom stereocenters. The summed E-state index contributed by atoms with van der Waals surface area (Å²) < 4.78 is 8.57. The van der Waals surface area contributed by atoms with Crippen molar-refractivity contribution >= 4 is 27.7 Å². The lowest BCUT2D eigenvalue weighted by atomic mass is 9.91. The Hall–Kier alpha value is -2.35. The highest BCUT2D eigenvalue weighted by molar-refractivity contribution is 9.10. The van der Waals surface area contributed by atoms with E-state index in [0.29, 0.717) is 25.2 Å². The molecule has 0 radical (unpaired) electrons. The van der Waals surface area contributed by atoms with Crippen molar-refractivity contribution in [2.24, 2.45) is 18.7 Å². The highest BCUT2D eigenvalue weighted by Crippen LogP contribution is 2.27. The summed E-state index contributed by atoms with van der Waals surface area (Å²) >= 11 is 3.42. The van der Waals surface area contributed by atoms with E-state index in [1.54, 1.807) is 28.9 Å². The third kappa shape index (κ3) is 4.24. The number of nitrogens with zero attached hydrogens (tertiary/aromatic N) is 3. The van der Waals surface area contributed by atoms with Crippen LogP contribution in [0.5, 0.6) is 5.75 Å². The summed E-state index contributed by atoms with van der Waals surface area (Å²) in [6.07, 6.45) is 2.23. The van der Waals surface area contributed by atoms with E-state index in [4.69, 9.17) is 10.5 Å². The molecule has 1 aliphatic rings. The van der Waals surface area contributed by atoms with Crippen LogP contribution >= 0.6 is 15.9 Å². The van der Waals surface area contributed by atoms with Crippen LogP contribution in [0, 0.1) is 5.92 Å². The first-order valence-electron chi connectivity index (χ1n) is 8.42. The number of carbonyl (C=O) groups is 2. The molecule has 1 fully saturated rings. The van der Waals surface area contributed by atoms with Crippen LogP contribution in [0.15, 0.2) is 41.0 Å². The normalized spacial score (nSPS) is 20.0. The Morgan fingerprint density at radius 1 is 1.38 bits per heavy atom. The number of hydrogen-bond acceptors (Lipinski definition) is 4. The molecule has 1 saturated heterocycles. The Kier molecular flexibility index (Phi) is 5.61. The first-order chi connectivity index (χ1) is 12.4. The smallest absolute Gasteiger partial charge is 0.272 e. The molecule has 0 spiro atoms. The molecule has 8 heteroatoms. The second-order valence-electron chi connectivity index (χ2n) is 6.42. The minimum atomic E-state index is -0.396. The van der Waals surface area contributed by atoms with Crippen LogP contribution in [-0.2, 0) is 11.8 Å². The Morgan fingerprint density at radius 3 is 2.85 bits per heavy atom. The number of benzene rings is 1. The number of amides is 2. The van der Waals surface area contributed by atoms with Crippen LogP contribution in [0.25, 0.3) is 0 Å². The summed E-state index contributed by atoms with van der Waals surface area (Å²) in [7, 11) is 1.73. The summed E-state index contributed by atoms with van der Waals surface area (Å²) in [5, 5.41) is 4.04. The Labute approximate surface area is 160 Å². The van der Waals surface area contributed by atoms with Crippen LogP contribution in [0.1, 0.15) is 23.3 Å². The van der Waals surface area contributed by atoms with Crippen molar-refractivity contribution in [3.63, 3.8) is 0 Å². The Balaban J connectivity index is 1.73. The van der Waals surface area contributed by atoms with Gasteiger partial charge < -0.3 is 15.4 Å². The minimum absolute atomic E-state index is 0.0969. The fraction of sp³-hybridized carbons (Fsp3) is 0.389. The molecule has 0 aliphatic carbocycles. The van der Waals surface area contributed by atoms with Gasteiger partial charge in [-0.2, -0.15) is 5.10 Å².